The summed E-state index contributed by atoms with van der Waals surface area (Å²) in [7, 11) is 0. The zero-order valence-electron chi connectivity index (χ0n) is 14.1. The Kier molecular flexibility index (Phi) is 5.30. The molecule has 3 rings (SSSR count). The van der Waals surface area contributed by atoms with Gasteiger partial charge in [-0.2, -0.15) is 0 Å². The summed E-state index contributed by atoms with van der Waals surface area (Å²) in [6.45, 7) is 10.1. The molecule has 124 valence electrons. The number of rotatable bonds is 5. The number of morpholine rings is 1. The first-order valence-corrected chi connectivity index (χ1v) is 9.08. The van der Waals surface area contributed by atoms with Gasteiger partial charge in [0.2, 0.25) is 0 Å². The van der Waals surface area contributed by atoms with E-state index in [4.69, 9.17) is 4.74 Å². The summed E-state index contributed by atoms with van der Waals surface area (Å²) in [5, 5.41) is 6.69. The molecule has 1 aromatic carbocycles. The van der Waals surface area contributed by atoms with E-state index in [1.165, 1.54) is 5.56 Å². The number of benzene rings is 1. The molecule has 2 heterocycles. The van der Waals surface area contributed by atoms with E-state index in [1.807, 2.05) is 6.92 Å². The van der Waals surface area contributed by atoms with Crippen LogP contribution in [-0.2, 0) is 17.8 Å². The van der Waals surface area contributed by atoms with Crippen molar-refractivity contribution >= 4 is 17.0 Å². The molecule has 1 aliphatic heterocycles. The Hall–Kier alpha value is -1.43. The van der Waals surface area contributed by atoms with Gasteiger partial charge in [0.25, 0.3) is 0 Å². The predicted octanol–water partition coefficient (Wildman–Crippen LogP) is 3.67. The number of nitrogens with one attached hydrogen (secondary N) is 1. The molecule has 1 aromatic heterocycles. The van der Waals surface area contributed by atoms with Gasteiger partial charge < -0.3 is 10.1 Å². The second-order valence-electron chi connectivity index (χ2n) is 6.39. The molecule has 0 unspecified atom stereocenters. The highest BCUT2D eigenvalue weighted by atomic mass is 32.1. The summed E-state index contributed by atoms with van der Waals surface area (Å²) < 4.78 is 5.81. The molecule has 0 saturated carbocycles. The molecular formula is C18H25N3OS. The number of nitrogens with zero attached hydrogens (tertiary/aromatic N) is 2. The van der Waals surface area contributed by atoms with Crippen molar-refractivity contribution in [3.8, 4) is 0 Å². The highest BCUT2D eigenvalue weighted by molar-refractivity contribution is 7.09. The van der Waals surface area contributed by atoms with Crippen LogP contribution in [0.1, 0.15) is 30.1 Å². The molecule has 1 N–H and O–H groups in total. The molecule has 4 nitrogen and oxygen atoms in total. The Bertz CT molecular complexity index is 633. The van der Waals surface area contributed by atoms with E-state index in [0.29, 0.717) is 12.2 Å². The van der Waals surface area contributed by atoms with Crippen LogP contribution in [0, 0.1) is 6.92 Å². The molecule has 0 aliphatic carbocycles. The Morgan fingerprint density at radius 3 is 2.78 bits per heavy atom. The van der Waals surface area contributed by atoms with Crippen LogP contribution >= 0.6 is 11.3 Å². The van der Waals surface area contributed by atoms with Crippen molar-refractivity contribution < 1.29 is 4.74 Å². The maximum absolute atomic E-state index is 5.81. The topological polar surface area (TPSA) is 37.4 Å². The summed E-state index contributed by atoms with van der Waals surface area (Å²) >= 11 is 1.71. The third kappa shape index (κ3) is 4.77. The Balaban J connectivity index is 1.58. The van der Waals surface area contributed by atoms with Gasteiger partial charge >= 0.3 is 0 Å². The number of aromatic nitrogens is 1. The Morgan fingerprint density at radius 2 is 2.09 bits per heavy atom. The van der Waals surface area contributed by atoms with Crippen molar-refractivity contribution in [2.24, 2.45) is 0 Å². The molecular weight excluding hydrogens is 306 g/mol. The minimum atomic E-state index is 0.313. The van der Waals surface area contributed by atoms with Crippen LogP contribution in [0.25, 0.3) is 0 Å². The first kappa shape index (κ1) is 16.4. The lowest BCUT2D eigenvalue weighted by atomic mass is 10.1. The minimum Gasteiger partial charge on any atom is -0.379 e. The van der Waals surface area contributed by atoms with Crippen LogP contribution in [0.4, 0.5) is 5.69 Å². The Labute approximate surface area is 142 Å². The summed E-state index contributed by atoms with van der Waals surface area (Å²) in [5.74, 6) is 0. The van der Waals surface area contributed by atoms with Crippen molar-refractivity contribution in [1.29, 1.82) is 0 Å². The van der Waals surface area contributed by atoms with E-state index in [0.717, 1.165) is 42.6 Å². The van der Waals surface area contributed by atoms with Crippen LogP contribution in [0.15, 0.2) is 29.6 Å². The van der Waals surface area contributed by atoms with Gasteiger partial charge in [-0.15, -0.1) is 11.3 Å². The van der Waals surface area contributed by atoms with Gasteiger partial charge in [-0.3, -0.25) is 4.90 Å². The second kappa shape index (κ2) is 7.43. The molecule has 1 saturated heterocycles. The van der Waals surface area contributed by atoms with E-state index in [2.05, 4.69) is 58.7 Å². The molecule has 0 spiro atoms. The number of hydrogen-bond donors (Lipinski definition) is 1. The van der Waals surface area contributed by atoms with Gasteiger partial charge in [0, 0.05) is 36.4 Å². The van der Waals surface area contributed by atoms with Crippen LogP contribution < -0.4 is 5.32 Å². The molecule has 0 amide bonds. The molecule has 0 radical (unpaired) electrons. The fourth-order valence-corrected chi connectivity index (χ4v) is 3.82. The van der Waals surface area contributed by atoms with Gasteiger partial charge in [-0.05, 0) is 38.5 Å². The number of aryl methyl sites for hydroxylation is 1. The molecule has 2 atom stereocenters. The normalized spacial score (nSPS) is 22.2. The number of hydrogen-bond acceptors (Lipinski definition) is 5. The summed E-state index contributed by atoms with van der Waals surface area (Å²) in [6.07, 6.45) is 0.626. The molecule has 23 heavy (non-hydrogen) atoms. The molecule has 2 aromatic rings. The standard InChI is InChI=1S/C18H25N3OS/c1-13-12-23-18(20-13)8-19-17-6-4-5-16(7-17)11-21-9-14(2)22-15(3)10-21/h4-7,12,14-15,19H,8-11H2,1-3H3/t14-,15+. The maximum Gasteiger partial charge on any atom is 0.112 e. The van der Waals surface area contributed by atoms with Gasteiger partial charge in [0.05, 0.1) is 18.8 Å². The lowest BCUT2D eigenvalue weighted by molar-refractivity contribution is -0.0704. The summed E-state index contributed by atoms with van der Waals surface area (Å²) in [6, 6.07) is 8.68. The average molecular weight is 331 g/mol. The molecule has 5 heteroatoms. The third-order valence-corrected chi connectivity index (χ3v) is 4.91. The predicted molar refractivity (Wildman–Crippen MR) is 95.9 cm³/mol. The smallest absolute Gasteiger partial charge is 0.112 e. The van der Waals surface area contributed by atoms with E-state index in [9.17, 15) is 0 Å². The fourth-order valence-electron chi connectivity index (χ4n) is 3.11. The first-order valence-electron chi connectivity index (χ1n) is 8.20. The van der Waals surface area contributed by atoms with E-state index in [1.54, 1.807) is 11.3 Å². The van der Waals surface area contributed by atoms with Gasteiger partial charge in [0.1, 0.15) is 5.01 Å². The van der Waals surface area contributed by atoms with E-state index < -0.39 is 0 Å². The SMILES string of the molecule is Cc1csc(CNc2cccc(CN3C[C@@H](C)O[C@@H](C)C3)c2)n1. The second-order valence-corrected chi connectivity index (χ2v) is 7.33. The van der Waals surface area contributed by atoms with Gasteiger partial charge in [0.15, 0.2) is 0 Å². The first-order chi connectivity index (χ1) is 11.1. The zero-order valence-corrected chi connectivity index (χ0v) is 14.9. The zero-order chi connectivity index (χ0) is 16.2. The number of thiazole rings is 1. The molecule has 1 fully saturated rings. The average Bonchev–Trinajstić information content (AvgIpc) is 2.90. The van der Waals surface area contributed by atoms with Crippen molar-refractivity contribution in [3.63, 3.8) is 0 Å². The minimum absolute atomic E-state index is 0.313. The highest BCUT2D eigenvalue weighted by Gasteiger charge is 2.21. The van der Waals surface area contributed by atoms with E-state index >= 15 is 0 Å². The van der Waals surface area contributed by atoms with E-state index in [-0.39, 0.29) is 0 Å². The Morgan fingerprint density at radius 1 is 1.30 bits per heavy atom. The lowest BCUT2D eigenvalue weighted by Gasteiger charge is -2.35. The van der Waals surface area contributed by atoms with Crippen LogP contribution in [0.5, 0.6) is 0 Å². The summed E-state index contributed by atoms with van der Waals surface area (Å²) in [5.41, 5.74) is 3.59. The fraction of sp³-hybridized carbons (Fsp3) is 0.500. The van der Waals surface area contributed by atoms with Crippen LogP contribution in [0.2, 0.25) is 0 Å². The van der Waals surface area contributed by atoms with Crippen molar-refractivity contribution in [2.75, 3.05) is 18.4 Å². The quantitative estimate of drug-likeness (QED) is 0.907. The van der Waals surface area contributed by atoms with Crippen molar-refractivity contribution in [1.82, 2.24) is 9.88 Å². The molecule has 0 bridgehead atoms. The number of ether oxygens (including phenoxy) is 1. The number of anilines is 1. The maximum atomic E-state index is 5.81. The lowest BCUT2D eigenvalue weighted by Crippen LogP contribution is -2.44. The summed E-state index contributed by atoms with van der Waals surface area (Å²) in [4.78, 5) is 6.97. The van der Waals surface area contributed by atoms with Gasteiger partial charge in [-0.25, -0.2) is 4.98 Å². The monoisotopic (exact) mass is 331 g/mol. The van der Waals surface area contributed by atoms with Crippen LogP contribution in [-0.4, -0.2) is 35.2 Å². The third-order valence-electron chi connectivity index (χ3n) is 3.94. The van der Waals surface area contributed by atoms with Crippen molar-refractivity contribution in [2.45, 2.75) is 46.1 Å². The van der Waals surface area contributed by atoms with Gasteiger partial charge in [-0.1, -0.05) is 12.1 Å². The largest absolute Gasteiger partial charge is 0.379 e. The highest BCUT2D eigenvalue weighted by Crippen LogP contribution is 2.18. The van der Waals surface area contributed by atoms with Crippen LogP contribution in [0.3, 0.4) is 0 Å². The van der Waals surface area contributed by atoms with Crippen molar-refractivity contribution in [3.05, 3.63) is 45.9 Å². The molecule has 1 aliphatic rings.